The van der Waals surface area contributed by atoms with Gasteiger partial charge in [0.25, 0.3) is 5.56 Å². The van der Waals surface area contributed by atoms with Crippen LogP contribution in [-0.2, 0) is 11.3 Å². The van der Waals surface area contributed by atoms with Crippen molar-refractivity contribution in [2.45, 2.75) is 20.4 Å². The second-order valence-corrected chi connectivity index (χ2v) is 6.94. The van der Waals surface area contributed by atoms with Crippen molar-refractivity contribution in [2.24, 2.45) is 0 Å². The molecule has 158 valence electrons. The van der Waals surface area contributed by atoms with Gasteiger partial charge in [-0.25, -0.2) is 23.0 Å². The molecule has 8 heteroatoms. The number of aromatic nitrogens is 3. The number of hydrogen-bond acceptors (Lipinski definition) is 4. The third-order valence-corrected chi connectivity index (χ3v) is 5.00. The van der Waals surface area contributed by atoms with E-state index in [9.17, 15) is 18.4 Å². The van der Waals surface area contributed by atoms with E-state index in [1.54, 1.807) is 13.8 Å². The van der Waals surface area contributed by atoms with Crippen LogP contribution in [0.5, 0.6) is 0 Å². The van der Waals surface area contributed by atoms with Crippen LogP contribution in [0.15, 0.2) is 59.5 Å². The molecular weight excluding hydrogens is 404 g/mol. The Hall–Kier alpha value is -3.81. The summed E-state index contributed by atoms with van der Waals surface area (Å²) in [5.74, 6) is -2.12. The minimum atomic E-state index is -0.813. The number of ether oxygens (including phenoxy) is 1. The molecule has 2 aromatic heterocycles. The molecule has 2 aromatic carbocycles. The molecule has 2 heterocycles. The molecule has 4 aromatic rings. The monoisotopic (exact) mass is 423 g/mol. The summed E-state index contributed by atoms with van der Waals surface area (Å²) in [4.78, 5) is 30.1. The van der Waals surface area contributed by atoms with Gasteiger partial charge in [0.2, 0.25) is 5.78 Å². The standard InChI is InChI=1S/C23H19F2N3O3/c1-3-31-22(30)17-13-27(12-16-18(24)10-7-11-19(16)25)23-26-20(14(2)28(23)21(17)29)15-8-5-4-6-9-15/h4-11,13H,3,12H2,1-2H3. The first-order valence-electron chi connectivity index (χ1n) is 9.70. The fourth-order valence-corrected chi connectivity index (χ4v) is 3.50. The van der Waals surface area contributed by atoms with Gasteiger partial charge in [0.1, 0.15) is 17.2 Å². The minimum Gasteiger partial charge on any atom is -0.462 e. The molecule has 0 saturated carbocycles. The van der Waals surface area contributed by atoms with E-state index in [2.05, 4.69) is 4.98 Å². The van der Waals surface area contributed by atoms with Crippen molar-refractivity contribution in [3.05, 3.63) is 93.5 Å². The van der Waals surface area contributed by atoms with E-state index in [4.69, 9.17) is 4.74 Å². The highest BCUT2D eigenvalue weighted by molar-refractivity contribution is 5.89. The third kappa shape index (κ3) is 3.61. The maximum Gasteiger partial charge on any atom is 0.345 e. The van der Waals surface area contributed by atoms with Crippen LogP contribution in [0.25, 0.3) is 17.0 Å². The zero-order valence-electron chi connectivity index (χ0n) is 16.9. The zero-order valence-corrected chi connectivity index (χ0v) is 16.9. The number of imidazole rings is 1. The summed E-state index contributed by atoms with van der Waals surface area (Å²) in [6.07, 6.45) is 1.24. The van der Waals surface area contributed by atoms with Gasteiger partial charge in [-0.15, -0.1) is 0 Å². The van der Waals surface area contributed by atoms with Gasteiger partial charge in [-0.2, -0.15) is 0 Å². The zero-order chi connectivity index (χ0) is 22.1. The van der Waals surface area contributed by atoms with Crippen molar-refractivity contribution in [1.29, 1.82) is 0 Å². The molecule has 31 heavy (non-hydrogen) atoms. The Morgan fingerprint density at radius 1 is 1.06 bits per heavy atom. The molecule has 0 bridgehead atoms. The maximum absolute atomic E-state index is 14.3. The first kappa shape index (κ1) is 20.5. The lowest BCUT2D eigenvalue weighted by Gasteiger charge is -2.12. The Morgan fingerprint density at radius 3 is 2.39 bits per heavy atom. The second-order valence-electron chi connectivity index (χ2n) is 6.94. The summed E-state index contributed by atoms with van der Waals surface area (Å²) < 4.78 is 36.3. The molecular formula is C23H19F2N3O3. The van der Waals surface area contributed by atoms with E-state index in [1.165, 1.54) is 21.2 Å². The van der Waals surface area contributed by atoms with Crippen LogP contribution in [0.4, 0.5) is 8.78 Å². The van der Waals surface area contributed by atoms with Crippen molar-refractivity contribution in [1.82, 2.24) is 14.0 Å². The lowest BCUT2D eigenvalue weighted by Crippen LogP contribution is -2.27. The van der Waals surface area contributed by atoms with Crippen molar-refractivity contribution in [2.75, 3.05) is 6.61 Å². The fraction of sp³-hybridized carbons (Fsp3) is 0.174. The SMILES string of the molecule is CCOC(=O)c1cn(Cc2c(F)cccc2F)c2nc(-c3ccccc3)c(C)n2c1=O. The molecule has 6 nitrogen and oxygen atoms in total. The maximum atomic E-state index is 14.3. The average Bonchev–Trinajstić information content (AvgIpc) is 3.11. The number of fused-ring (bicyclic) bond motifs is 1. The molecule has 0 aliphatic rings. The van der Waals surface area contributed by atoms with Gasteiger partial charge in [-0.1, -0.05) is 36.4 Å². The topological polar surface area (TPSA) is 65.6 Å². The molecule has 0 aliphatic carbocycles. The van der Waals surface area contributed by atoms with Crippen LogP contribution in [0.1, 0.15) is 28.5 Å². The molecule has 0 radical (unpaired) electrons. The Kier molecular flexibility index (Phi) is 5.37. The lowest BCUT2D eigenvalue weighted by molar-refractivity contribution is 0.0523. The molecule has 0 fully saturated rings. The predicted octanol–water partition coefficient (Wildman–Crippen LogP) is 3.97. The van der Waals surface area contributed by atoms with Crippen LogP contribution in [0.2, 0.25) is 0 Å². The van der Waals surface area contributed by atoms with Crippen molar-refractivity contribution < 1.29 is 18.3 Å². The fourth-order valence-electron chi connectivity index (χ4n) is 3.50. The predicted molar refractivity (Wildman–Crippen MR) is 111 cm³/mol. The summed E-state index contributed by atoms with van der Waals surface area (Å²) in [5.41, 5.74) is 0.743. The Bertz CT molecular complexity index is 1320. The van der Waals surface area contributed by atoms with Gasteiger partial charge < -0.3 is 9.30 Å². The molecule has 0 saturated heterocycles. The van der Waals surface area contributed by atoms with Crippen molar-refractivity contribution in [3.8, 4) is 11.3 Å². The summed E-state index contributed by atoms with van der Waals surface area (Å²) in [6, 6.07) is 12.8. The summed E-state index contributed by atoms with van der Waals surface area (Å²) in [5, 5.41) is 0. The highest BCUT2D eigenvalue weighted by atomic mass is 19.1. The molecule has 0 spiro atoms. The molecule has 0 atom stereocenters. The molecule has 0 amide bonds. The van der Waals surface area contributed by atoms with E-state index < -0.39 is 23.2 Å². The van der Waals surface area contributed by atoms with Gasteiger partial charge in [-0.05, 0) is 26.0 Å². The van der Waals surface area contributed by atoms with E-state index in [-0.39, 0.29) is 30.1 Å². The van der Waals surface area contributed by atoms with E-state index in [1.807, 2.05) is 30.3 Å². The minimum absolute atomic E-state index is 0.0798. The van der Waals surface area contributed by atoms with Crippen LogP contribution in [-0.4, -0.2) is 26.5 Å². The average molecular weight is 423 g/mol. The highest BCUT2D eigenvalue weighted by Crippen LogP contribution is 2.24. The summed E-state index contributed by atoms with van der Waals surface area (Å²) in [6.45, 7) is 3.14. The number of halogens is 2. The van der Waals surface area contributed by atoms with Gasteiger partial charge in [0.05, 0.1) is 24.5 Å². The molecule has 4 rings (SSSR count). The molecule has 0 unspecified atom stereocenters. The normalized spacial score (nSPS) is 11.1. The number of nitrogens with zero attached hydrogens (tertiary/aromatic N) is 3. The Balaban J connectivity index is 2.00. The molecule has 0 N–H and O–H groups in total. The number of rotatable bonds is 5. The first-order chi connectivity index (χ1) is 14.9. The summed E-state index contributed by atoms with van der Waals surface area (Å²) >= 11 is 0. The number of carbonyl (C=O) groups excluding carboxylic acids is 1. The number of aryl methyl sites for hydroxylation is 1. The largest absolute Gasteiger partial charge is 0.462 e. The third-order valence-electron chi connectivity index (χ3n) is 5.00. The number of esters is 1. The van der Waals surface area contributed by atoms with E-state index >= 15 is 0 Å². The molecule has 0 aliphatic heterocycles. The van der Waals surface area contributed by atoms with Crippen molar-refractivity contribution >= 4 is 11.7 Å². The van der Waals surface area contributed by atoms with Gasteiger partial charge in [0, 0.05) is 17.3 Å². The second kappa shape index (κ2) is 8.14. The van der Waals surface area contributed by atoms with Gasteiger partial charge in [0.15, 0.2) is 0 Å². The quantitative estimate of drug-likeness (QED) is 0.456. The van der Waals surface area contributed by atoms with Crippen LogP contribution >= 0.6 is 0 Å². The first-order valence-corrected chi connectivity index (χ1v) is 9.70. The number of benzene rings is 2. The van der Waals surface area contributed by atoms with Gasteiger partial charge >= 0.3 is 5.97 Å². The number of carbonyl (C=O) groups is 1. The van der Waals surface area contributed by atoms with E-state index in [0.717, 1.165) is 17.7 Å². The van der Waals surface area contributed by atoms with Gasteiger partial charge in [-0.3, -0.25) is 4.79 Å². The van der Waals surface area contributed by atoms with Crippen molar-refractivity contribution in [3.63, 3.8) is 0 Å². The van der Waals surface area contributed by atoms with Crippen LogP contribution in [0, 0.1) is 18.6 Å². The van der Waals surface area contributed by atoms with Crippen LogP contribution < -0.4 is 5.56 Å². The van der Waals surface area contributed by atoms with Crippen LogP contribution in [0.3, 0.4) is 0 Å². The highest BCUT2D eigenvalue weighted by Gasteiger charge is 2.22. The smallest absolute Gasteiger partial charge is 0.345 e. The Labute approximate surface area is 176 Å². The summed E-state index contributed by atoms with van der Waals surface area (Å²) in [7, 11) is 0. The Morgan fingerprint density at radius 2 is 1.74 bits per heavy atom. The number of hydrogen-bond donors (Lipinski definition) is 0. The lowest BCUT2D eigenvalue weighted by atomic mass is 10.1. The van der Waals surface area contributed by atoms with E-state index in [0.29, 0.717) is 11.4 Å².